The van der Waals surface area contributed by atoms with E-state index in [1.165, 1.54) is 0 Å². The van der Waals surface area contributed by atoms with Crippen LogP contribution in [-0.4, -0.2) is 84.1 Å². The second-order valence-electron chi connectivity index (χ2n) is 11.3. The van der Waals surface area contributed by atoms with Gasteiger partial charge in [-0.15, -0.1) is 0 Å². The average molecular weight is 557 g/mol. The Kier molecular flexibility index (Phi) is 12.1. The molecular weight excluding hydrogens is 508 g/mol. The smallest absolute Gasteiger partial charge is 0.142 e. The minimum absolute atomic E-state index is 0.0994. The predicted octanol–water partition coefficient (Wildman–Crippen LogP) is 3.99. The summed E-state index contributed by atoms with van der Waals surface area (Å²) in [7, 11) is 3.48. The van der Waals surface area contributed by atoms with Crippen LogP contribution in [0.5, 0.6) is 5.75 Å². The number of fused-ring (bicyclic) bond motifs is 1. The first kappa shape index (κ1) is 30.8. The minimum Gasteiger partial charge on any atom is -0.490 e. The number of aliphatic hydroxyl groups is 1. The fraction of sp³-hybridized carbons (Fsp3) is 0.625. The number of anilines is 1. The summed E-state index contributed by atoms with van der Waals surface area (Å²) in [6.07, 6.45) is 0.318. The molecule has 1 unspecified atom stereocenters. The molecule has 0 aliphatic carbocycles. The van der Waals surface area contributed by atoms with E-state index in [1.54, 1.807) is 14.2 Å². The van der Waals surface area contributed by atoms with Crippen molar-refractivity contribution in [3.05, 3.63) is 59.2 Å². The van der Waals surface area contributed by atoms with Gasteiger partial charge in [-0.2, -0.15) is 0 Å². The highest BCUT2D eigenvalue weighted by Crippen LogP contribution is 2.34. The molecular formula is C32H48N2O6. The van der Waals surface area contributed by atoms with E-state index in [9.17, 15) is 5.11 Å². The summed E-state index contributed by atoms with van der Waals surface area (Å²) >= 11 is 0. The monoisotopic (exact) mass is 556 g/mol. The number of nitrogens with one attached hydrogen (secondary N) is 1. The summed E-state index contributed by atoms with van der Waals surface area (Å²) in [5.74, 6) is 1.71. The standard InChI is InChI=1S/C32H48N2O6/c1-23(19-37-4)24(2)20-38-21-25-6-9-27(10-7-25)32-29(35)17-33-18-31(32)40-22-26-8-11-30-28(16-26)34(13-15-39-30)12-5-14-36-3/h6-11,16,23-24,29,31-33,35H,5,12-15,17-22H2,1-4H3/t23-,24?,29-,31+,32+/m1/s1. The summed E-state index contributed by atoms with van der Waals surface area (Å²) in [6, 6.07) is 14.7. The van der Waals surface area contributed by atoms with Crippen LogP contribution in [0, 0.1) is 11.8 Å². The van der Waals surface area contributed by atoms with Crippen molar-refractivity contribution in [2.75, 3.05) is 71.7 Å². The maximum atomic E-state index is 10.9. The van der Waals surface area contributed by atoms with Crippen LogP contribution in [0.25, 0.3) is 0 Å². The molecule has 1 saturated heterocycles. The number of aliphatic hydroxyl groups excluding tert-OH is 1. The van der Waals surface area contributed by atoms with Crippen LogP contribution in [0.4, 0.5) is 5.69 Å². The lowest BCUT2D eigenvalue weighted by Crippen LogP contribution is -2.49. The molecule has 8 nitrogen and oxygen atoms in total. The number of methoxy groups -OCH3 is 2. The Hall–Kier alpha value is -2.20. The van der Waals surface area contributed by atoms with Crippen molar-refractivity contribution >= 4 is 5.69 Å². The largest absolute Gasteiger partial charge is 0.490 e. The number of β-amino-alcohol motifs (C(OH)–C–C–N with tert-alkyl or cyclic N) is 1. The molecule has 0 aromatic heterocycles. The van der Waals surface area contributed by atoms with Crippen molar-refractivity contribution in [3.63, 3.8) is 0 Å². The van der Waals surface area contributed by atoms with Crippen molar-refractivity contribution in [1.29, 1.82) is 0 Å². The van der Waals surface area contributed by atoms with E-state index in [1.807, 2.05) is 6.07 Å². The first-order chi connectivity index (χ1) is 19.5. The highest BCUT2D eigenvalue weighted by molar-refractivity contribution is 5.61. The Morgan fingerprint density at radius 1 is 0.975 bits per heavy atom. The maximum Gasteiger partial charge on any atom is 0.142 e. The van der Waals surface area contributed by atoms with Gasteiger partial charge < -0.3 is 39.0 Å². The molecule has 0 spiro atoms. The fourth-order valence-corrected chi connectivity index (χ4v) is 5.51. The predicted molar refractivity (Wildman–Crippen MR) is 157 cm³/mol. The number of hydrogen-bond acceptors (Lipinski definition) is 8. The van der Waals surface area contributed by atoms with Gasteiger partial charge in [0, 0.05) is 59.6 Å². The third-order valence-electron chi connectivity index (χ3n) is 8.15. The lowest BCUT2D eigenvalue weighted by molar-refractivity contribution is -0.0328. The molecule has 2 aliphatic heterocycles. The molecule has 2 N–H and O–H groups in total. The van der Waals surface area contributed by atoms with Gasteiger partial charge in [0.1, 0.15) is 12.4 Å². The lowest BCUT2D eigenvalue weighted by atomic mass is 9.85. The van der Waals surface area contributed by atoms with Gasteiger partial charge in [0.2, 0.25) is 0 Å². The first-order valence-corrected chi connectivity index (χ1v) is 14.7. The molecule has 5 atom stereocenters. The molecule has 222 valence electrons. The second kappa shape index (κ2) is 15.7. The maximum absolute atomic E-state index is 10.9. The molecule has 2 heterocycles. The van der Waals surface area contributed by atoms with Gasteiger partial charge in [-0.1, -0.05) is 44.2 Å². The normalized spacial score (nSPS) is 22.4. The zero-order valence-corrected chi connectivity index (χ0v) is 24.6. The van der Waals surface area contributed by atoms with Crippen LogP contribution in [0.3, 0.4) is 0 Å². The number of rotatable bonds is 15. The Morgan fingerprint density at radius 2 is 1.75 bits per heavy atom. The van der Waals surface area contributed by atoms with Gasteiger partial charge >= 0.3 is 0 Å². The number of benzene rings is 2. The van der Waals surface area contributed by atoms with E-state index in [4.69, 9.17) is 23.7 Å². The summed E-state index contributed by atoms with van der Waals surface area (Å²) in [5.41, 5.74) is 4.43. The van der Waals surface area contributed by atoms with E-state index in [-0.39, 0.29) is 12.0 Å². The molecule has 2 aliphatic rings. The molecule has 8 heteroatoms. The van der Waals surface area contributed by atoms with Crippen molar-refractivity contribution in [2.45, 2.75) is 51.6 Å². The van der Waals surface area contributed by atoms with Gasteiger partial charge in [-0.05, 0) is 47.1 Å². The highest BCUT2D eigenvalue weighted by atomic mass is 16.5. The summed E-state index contributed by atoms with van der Waals surface area (Å²) in [5, 5.41) is 14.3. The van der Waals surface area contributed by atoms with E-state index in [0.29, 0.717) is 51.4 Å². The number of hydrogen-bond donors (Lipinski definition) is 2. The van der Waals surface area contributed by atoms with Gasteiger partial charge in [-0.3, -0.25) is 0 Å². The van der Waals surface area contributed by atoms with E-state index in [0.717, 1.165) is 60.9 Å². The van der Waals surface area contributed by atoms with E-state index in [2.05, 4.69) is 60.5 Å². The molecule has 0 amide bonds. The van der Waals surface area contributed by atoms with Crippen LogP contribution in [0.2, 0.25) is 0 Å². The number of piperidine rings is 1. The van der Waals surface area contributed by atoms with E-state index < -0.39 is 6.10 Å². The molecule has 2 aromatic rings. The summed E-state index contributed by atoms with van der Waals surface area (Å²) in [4.78, 5) is 2.36. The van der Waals surface area contributed by atoms with Crippen LogP contribution in [-0.2, 0) is 32.2 Å². The van der Waals surface area contributed by atoms with Gasteiger partial charge in [0.25, 0.3) is 0 Å². The summed E-state index contributed by atoms with van der Waals surface area (Å²) in [6.45, 7) is 11.4. The van der Waals surface area contributed by atoms with Crippen molar-refractivity contribution in [3.8, 4) is 5.75 Å². The number of ether oxygens (including phenoxy) is 5. The minimum atomic E-state index is -0.516. The Bertz CT molecular complexity index is 1020. The molecule has 4 rings (SSSR count). The molecule has 0 bridgehead atoms. The topological polar surface area (TPSA) is 81.7 Å². The first-order valence-electron chi connectivity index (χ1n) is 14.7. The zero-order valence-electron chi connectivity index (χ0n) is 24.6. The Balaban J connectivity index is 1.35. The summed E-state index contributed by atoms with van der Waals surface area (Å²) < 4.78 is 28.8. The van der Waals surface area contributed by atoms with Crippen molar-refractivity contribution in [1.82, 2.24) is 5.32 Å². The Morgan fingerprint density at radius 3 is 2.52 bits per heavy atom. The quantitative estimate of drug-likeness (QED) is 0.319. The molecule has 1 fully saturated rings. The molecule has 2 aromatic carbocycles. The van der Waals surface area contributed by atoms with Gasteiger partial charge in [-0.25, -0.2) is 0 Å². The van der Waals surface area contributed by atoms with Crippen LogP contribution < -0.4 is 15.0 Å². The average Bonchev–Trinajstić information content (AvgIpc) is 2.97. The highest BCUT2D eigenvalue weighted by Gasteiger charge is 2.34. The fourth-order valence-electron chi connectivity index (χ4n) is 5.51. The number of nitrogens with zero attached hydrogens (tertiary/aromatic N) is 1. The molecule has 0 radical (unpaired) electrons. The third kappa shape index (κ3) is 8.41. The van der Waals surface area contributed by atoms with E-state index >= 15 is 0 Å². The second-order valence-corrected chi connectivity index (χ2v) is 11.3. The van der Waals surface area contributed by atoms with Crippen LogP contribution in [0.15, 0.2) is 42.5 Å². The Labute approximate surface area is 239 Å². The zero-order chi connectivity index (χ0) is 28.3. The van der Waals surface area contributed by atoms with Crippen LogP contribution >= 0.6 is 0 Å². The molecule has 0 saturated carbocycles. The molecule has 40 heavy (non-hydrogen) atoms. The van der Waals surface area contributed by atoms with Crippen LogP contribution in [0.1, 0.15) is 42.9 Å². The van der Waals surface area contributed by atoms with Crippen molar-refractivity contribution < 1.29 is 28.8 Å². The third-order valence-corrected chi connectivity index (χ3v) is 8.15. The van der Waals surface area contributed by atoms with Crippen molar-refractivity contribution in [2.24, 2.45) is 11.8 Å². The van der Waals surface area contributed by atoms with Gasteiger partial charge in [0.15, 0.2) is 0 Å². The SMILES string of the molecule is COCCCN1CCOc2ccc(CO[C@H]3CNC[C@@H](O)[C@@H]3c3ccc(COCC(C)[C@H](C)COC)cc3)cc21. The lowest BCUT2D eigenvalue weighted by Gasteiger charge is -2.36. The van der Waals surface area contributed by atoms with Gasteiger partial charge in [0.05, 0.1) is 37.7 Å².